The number of morpholine rings is 1. The summed E-state index contributed by atoms with van der Waals surface area (Å²) >= 11 is 0. The average molecular weight is 419 g/mol. The summed E-state index contributed by atoms with van der Waals surface area (Å²) in [4.78, 5) is 2.59. The van der Waals surface area contributed by atoms with Crippen LogP contribution in [0.15, 0.2) is 59.5 Å². The van der Waals surface area contributed by atoms with Gasteiger partial charge in [-0.2, -0.15) is 0 Å². The third-order valence-electron chi connectivity index (χ3n) is 4.87. The van der Waals surface area contributed by atoms with E-state index in [4.69, 9.17) is 9.47 Å². The lowest BCUT2D eigenvalue weighted by Gasteiger charge is -2.33. The number of nitrogens with one attached hydrogen (secondary N) is 1. The van der Waals surface area contributed by atoms with E-state index in [0.29, 0.717) is 25.5 Å². The number of ether oxygens (including phenoxy) is 2. The summed E-state index contributed by atoms with van der Waals surface area (Å²) < 4.78 is 39.0. The molecule has 1 fully saturated rings. The Labute approximate surface area is 173 Å². The van der Waals surface area contributed by atoms with Crippen molar-refractivity contribution in [3.63, 3.8) is 0 Å². The molecule has 29 heavy (non-hydrogen) atoms. The Bertz CT molecular complexity index is 841. The van der Waals surface area contributed by atoms with Crippen LogP contribution in [0.5, 0.6) is 5.75 Å². The molecule has 7 heteroatoms. The molecule has 3 rings (SSSR count). The van der Waals surface area contributed by atoms with Crippen molar-refractivity contribution in [3.05, 3.63) is 60.2 Å². The maximum atomic E-state index is 12.5. The van der Waals surface area contributed by atoms with Gasteiger partial charge in [0.15, 0.2) is 0 Å². The lowest BCUT2D eigenvalue weighted by molar-refractivity contribution is -0.0300. The second-order valence-electron chi connectivity index (χ2n) is 7.14. The molecule has 0 aromatic heterocycles. The Morgan fingerprint density at radius 2 is 1.90 bits per heavy atom. The van der Waals surface area contributed by atoms with E-state index in [1.165, 1.54) is 5.56 Å². The van der Waals surface area contributed by atoms with Gasteiger partial charge in [0.2, 0.25) is 10.0 Å². The summed E-state index contributed by atoms with van der Waals surface area (Å²) in [6, 6.07) is 16.8. The van der Waals surface area contributed by atoms with Crippen LogP contribution in [-0.4, -0.2) is 52.7 Å². The van der Waals surface area contributed by atoms with E-state index < -0.39 is 10.0 Å². The summed E-state index contributed by atoms with van der Waals surface area (Å²) in [5.41, 5.74) is 1.18. The van der Waals surface area contributed by atoms with E-state index in [0.717, 1.165) is 32.5 Å². The van der Waals surface area contributed by atoms with Gasteiger partial charge in [0.25, 0.3) is 0 Å². The van der Waals surface area contributed by atoms with Crippen molar-refractivity contribution >= 4 is 10.0 Å². The molecule has 1 heterocycles. The fourth-order valence-corrected chi connectivity index (χ4v) is 4.38. The van der Waals surface area contributed by atoms with Crippen molar-refractivity contribution in [2.24, 2.45) is 0 Å². The van der Waals surface area contributed by atoms with Crippen LogP contribution in [0.25, 0.3) is 0 Å². The number of sulfonamides is 1. The summed E-state index contributed by atoms with van der Waals surface area (Å²) in [5, 5.41) is 0. The Morgan fingerprint density at radius 1 is 1.14 bits per heavy atom. The summed E-state index contributed by atoms with van der Waals surface area (Å²) in [6.07, 6.45) is 1.74. The monoisotopic (exact) mass is 418 g/mol. The summed E-state index contributed by atoms with van der Waals surface area (Å²) in [7, 11) is -3.50. The predicted octanol–water partition coefficient (Wildman–Crippen LogP) is 3.22. The minimum atomic E-state index is -3.50. The lowest BCUT2D eigenvalue weighted by atomic mass is 10.1. The average Bonchev–Trinajstić information content (AvgIpc) is 2.76. The predicted molar refractivity (Wildman–Crippen MR) is 114 cm³/mol. The van der Waals surface area contributed by atoms with Crippen molar-refractivity contribution in [2.45, 2.75) is 30.8 Å². The zero-order chi connectivity index (χ0) is 20.5. The van der Waals surface area contributed by atoms with Gasteiger partial charge in [-0.1, -0.05) is 37.3 Å². The van der Waals surface area contributed by atoms with Crippen LogP contribution < -0.4 is 9.46 Å². The Balaban J connectivity index is 1.43. The van der Waals surface area contributed by atoms with Crippen LogP contribution in [0.3, 0.4) is 0 Å². The summed E-state index contributed by atoms with van der Waals surface area (Å²) in [5.74, 6) is 0.686. The molecule has 6 nitrogen and oxygen atoms in total. The van der Waals surface area contributed by atoms with E-state index >= 15 is 0 Å². The molecule has 1 aliphatic heterocycles. The summed E-state index contributed by atoms with van der Waals surface area (Å²) in [6.45, 7) is 6.28. The van der Waals surface area contributed by atoms with Gasteiger partial charge >= 0.3 is 0 Å². The molecule has 158 valence electrons. The number of hydrogen-bond donors (Lipinski definition) is 1. The fourth-order valence-electron chi connectivity index (χ4n) is 3.30. The molecule has 2 aromatic rings. The fraction of sp³-hybridized carbons (Fsp3) is 0.455. The normalized spacial score (nSPS) is 17.9. The first-order valence-corrected chi connectivity index (χ1v) is 11.7. The quantitative estimate of drug-likeness (QED) is 0.600. The largest absolute Gasteiger partial charge is 0.494 e. The third kappa shape index (κ3) is 6.54. The van der Waals surface area contributed by atoms with E-state index in [-0.39, 0.29) is 11.0 Å². The lowest BCUT2D eigenvalue weighted by Crippen LogP contribution is -2.39. The molecule has 2 aromatic carbocycles. The minimum absolute atomic E-state index is 0.0788. The van der Waals surface area contributed by atoms with Crippen molar-refractivity contribution in [1.29, 1.82) is 0 Å². The minimum Gasteiger partial charge on any atom is -0.494 e. The molecule has 1 atom stereocenters. The first-order valence-electron chi connectivity index (χ1n) is 10.2. The van der Waals surface area contributed by atoms with Gasteiger partial charge < -0.3 is 9.47 Å². The number of benzene rings is 2. The maximum Gasteiger partial charge on any atom is 0.240 e. The first kappa shape index (κ1) is 21.8. The molecule has 1 N–H and O–H groups in total. The van der Waals surface area contributed by atoms with Crippen LogP contribution in [0.1, 0.15) is 31.4 Å². The third-order valence-corrected chi connectivity index (χ3v) is 6.35. The van der Waals surface area contributed by atoms with E-state index in [9.17, 15) is 8.42 Å². The van der Waals surface area contributed by atoms with Crippen LogP contribution >= 0.6 is 0 Å². The molecular weight excluding hydrogens is 388 g/mol. The van der Waals surface area contributed by atoms with Crippen LogP contribution in [0.2, 0.25) is 0 Å². The zero-order valence-electron chi connectivity index (χ0n) is 16.9. The molecule has 0 saturated carbocycles. The highest BCUT2D eigenvalue weighted by molar-refractivity contribution is 7.89. The van der Waals surface area contributed by atoms with Crippen molar-refractivity contribution < 1.29 is 17.9 Å². The van der Waals surface area contributed by atoms with Gasteiger partial charge in [-0.25, -0.2) is 13.1 Å². The number of nitrogens with zero attached hydrogens (tertiary/aromatic N) is 1. The molecular formula is C22H30N2O4S. The Hall–Kier alpha value is -1.93. The molecule has 1 aliphatic rings. The van der Waals surface area contributed by atoms with Crippen molar-refractivity contribution in [3.8, 4) is 5.75 Å². The molecule has 0 spiro atoms. The highest BCUT2D eigenvalue weighted by Gasteiger charge is 2.21. The van der Waals surface area contributed by atoms with Crippen LogP contribution in [0, 0.1) is 0 Å². The van der Waals surface area contributed by atoms with Gasteiger partial charge in [0.05, 0.1) is 24.2 Å². The van der Waals surface area contributed by atoms with Crippen LogP contribution in [0.4, 0.5) is 0 Å². The molecule has 0 aliphatic carbocycles. The zero-order valence-corrected chi connectivity index (χ0v) is 17.7. The van der Waals surface area contributed by atoms with Gasteiger partial charge in [-0.05, 0) is 49.2 Å². The van der Waals surface area contributed by atoms with Gasteiger partial charge in [0.1, 0.15) is 5.75 Å². The second-order valence-corrected chi connectivity index (χ2v) is 8.91. The second kappa shape index (κ2) is 10.7. The first-order chi connectivity index (χ1) is 14.1. The molecule has 1 saturated heterocycles. The smallest absolute Gasteiger partial charge is 0.240 e. The van der Waals surface area contributed by atoms with E-state index in [2.05, 4.69) is 21.8 Å². The Kier molecular flexibility index (Phi) is 8.06. The molecule has 1 unspecified atom stereocenters. The van der Waals surface area contributed by atoms with Crippen molar-refractivity contribution in [1.82, 2.24) is 9.62 Å². The van der Waals surface area contributed by atoms with E-state index in [1.807, 2.05) is 25.1 Å². The Morgan fingerprint density at radius 3 is 2.62 bits per heavy atom. The highest BCUT2D eigenvalue weighted by Crippen LogP contribution is 2.22. The van der Waals surface area contributed by atoms with Gasteiger partial charge in [-0.15, -0.1) is 0 Å². The molecule has 0 amide bonds. The van der Waals surface area contributed by atoms with Gasteiger partial charge in [0, 0.05) is 19.6 Å². The van der Waals surface area contributed by atoms with Gasteiger partial charge in [-0.3, -0.25) is 4.90 Å². The van der Waals surface area contributed by atoms with Crippen molar-refractivity contribution in [2.75, 3.05) is 39.4 Å². The topological polar surface area (TPSA) is 67.9 Å². The number of hydrogen-bond acceptors (Lipinski definition) is 5. The number of rotatable bonds is 10. The standard InChI is InChI=1S/C22H30N2O4S/c1-2-16-27-20-9-11-21(12-10-20)29(25,26)23-13-6-14-24-15-17-28-22(18-24)19-7-4-3-5-8-19/h3-5,7-12,22-23H,2,6,13-18H2,1H3. The molecule has 0 radical (unpaired) electrons. The maximum absolute atomic E-state index is 12.5. The van der Waals surface area contributed by atoms with Crippen LogP contribution in [-0.2, 0) is 14.8 Å². The van der Waals surface area contributed by atoms with E-state index in [1.54, 1.807) is 24.3 Å². The molecule has 0 bridgehead atoms. The SMILES string of the molecule is CCCOc1ccc(S(=O)(=O)NCCCN2CCOC(c3ccccc3)C2)cc1. The highest BCUT2D eigenvalue weighted by atomic mass is 32.2.